The first kappa shape index (κ1) is 32.8. The van der Waals surface area contributed by atoms with Crippen LogP contribution in [0.2, 0.25) is 0 Å². The van der Waals surface area contributed by atoms with Crippen LogP contribution in [0.25, 0.3) is 114 Å². The summed E-state index contributed by atoms with van der Waals surface area (Å²) in [4.78, 5) is 10.1. The van der Waals surface area contributed by atoms with Gasteiger partial charge < -0.3 is 4.57 Å². The molecular weight excluding hydrogens is 723 g/mol. The fourth-order valence-electron chi connectivity index (χ4n) is 8.93. The molecule has 4 heteroatoms. The van der Waals surface area contributed by atoms with Gasteiger partial charge in [-0.3, -0.25) is 0 Å². The first-order valence-electron chi connectivity index (χ1n) is 19.7. The molecule has 0 radical (unpaired) electrons. The van der Waals surface area contributed by atoms with Gasteiger partial charge in [0, 0.05) is 64.1 Å². The minimum atomic E-state index is 0.713. The zero-order valence-corrected chi connectivity index (χ0v) is 32.1. The SMILES string of the molecule is c1ccc(-c2cc(-c3ccc(-n4c5ccccc5c5c6c7cc(-c8cccc9ccccc89)ccc7sc6c6ccccc6c54)cc3)nc(-c3ccccc3)n2)cc1. The lowest BCUT2D eigenvalue weighted by Gasteiger charge is -2.13. The van der Waals surface area contributed by atoms with Gasteiger partial charge in [-0.1, -0.05) is 164 Å². The molecule has 0 unspecified atom stereocenters. The molecule has 0 spiro atoms. The predicted molar refractivity (Wildman–Crippen MR) is 246 cm³/mol. The third-order valence-electron chi connectivity index (χ3n) is 11.6. The van der Waals surface area contributed by atoms with E-state index in [0.717, 1.165) is 33.8 Å². The van der Waals surface area contributed by atoms with E-state index in [1.165, 1.54) is 74.6 Å². The van der Waals surface area contributed by atoms with Crippen molar-refractivity contribution in [2.24, 2.45) is 0 Å². The van der Waals surface area contributed by atoms with Crippen LogP contribution < -0.4 is 0 Å². The summed E-state index contributed by atoms with van der Waals surface area (Å²) in [5.41, 5.74) is 10.9. The van der Waals surface area contributed by atoms with Gasteiger partial charge >= 0.3 is 0 Å². The summed E-state index contributed by atoms with van der Waals surface area (Å²) in [6.07, 6.45) is 0. The average Bonchev–Trinajstić information content (AvgIpc) is 3.86. The number of para-hydroxylation sites is 1. The molecule has 0 atom stereocenters. The third kappa shape index (κ3) is 5.12. The monoisotopic (exact) mass is 755 g/mol. The molecule has 3 nitrogen and oxygen atoms in total. The van der Waals surface area contributed by atoms with Crippen molar-refractivity contribution in [3.8, 4) is 50.7 Å². The molecule has 270 valence electrons. The zero-order valence-electron chi connectivity index (χ0n) is 31.3. The molecule has 3 heterocycles. The van der Waals surface area contributed by atoms with Gasteiger partial charge in [0.25, 0.3) is 0 Å². The first-order chi connectivity index (χ1) is 28.8. The molecule has 0 N–H and O–H groups in total. The second-order valence-corrected chi connectivity index (χ2v) is 16.0. The van der Waals surface area contributed by atoms with Gasteiger partial charge in [0.15, 0.2) is 5.82 Å². The van der Waals surface area contributed by atoms with E-state index >= 15 is 0 Å². The Morgan fingerprint density at radius 1 is 0.397 bits per heavy atom. The Labute approximate surface area is 338 Å². The highest BCUT2D eigenvalue weighted by atomic mass is 32.1. The van der Waals surface area contributed by atoms with Crippen LogP contribution in [0.15, 0.2) is 200 Å². The van der Waals surface area contributed by atoms with Crippen LogP contribution in [0.4, 0.5) is 0 Å². The lowest BCUT2D eigenvalue weighted by Crippen LogP contribution is -1.97. The topological polar surface area (TPSA) is 30.7 Å². The van der Waals surface area contributed by atoms with Crippen LogP contribution in [-0.2, 0) is 0 Å². The molecule has 0 saturated heterocycles. The minimum absolute atomic E-state index is 0.713. The Balaban J connectivity index is 1.09. The molecule has 0 amide bonds. The summed E-state index contributed by atoms with van der Waals surface area (Å²) < 4.78 is 5.10. The molecular formula is C54H33N3S. The number of hydrogen-bond acceptors (Lipinski definition) is 3. The van der Waals surface area contributed by atoms with E-state index < -0.39 is 0 Å². The number of hydrogen-bond donors (Lipinski definition) is 0. The molecule has 9 aromatic carbocycles. The Morgan fingerprint density at radius 3 is 1.78 bits per heavy atom. The lowest BCUT2D eigenvalue weighted by atomic mass is 9.95. The normalized spacial score (nSPS) is 11.8. The van der Waals surface area contributed by atoms with Crippen LogP contribution in [0, 0.1) is 0 Å². The smallest absolute Gasteiger partial charge is 0.160 e. The molecule has 0 fully saturated rings. The fraction of sp³-hybridized carbons (Fsp3) is 0. The summed E-state index contributed by atoms with van der Waals surface area (Å²) >= 11 is 1.90. The largest absolute Gasteiger partial charge is 0.309 e. The van der Waals surface area contributed by atoms with E-state index in [0.29, 0.717) is 5.82 Å². The summed E-state index contributed by atoms with van der Waals surface area (Å²) in [7, 11) is 0. The average molecular weight is 756 g/mol. The van der Waals surface area contributed by atoms with Crippen molar-refractivity contribution in [1.82, 2.24) is 14.5 Å². The van der Waals surface area contributed by atoms with Crippen molar-refractivity contribution >= 4 is 74.9 Å². The van der Waals surface area contributed by atoms with Crippen LogP contribution in [0.5, 0.6) is 0 Å². The fourth-order valence-corrected chi connectivity index (χ4v) is 10.2. The quantitative estimate of drug-likeness (QED) is 0.175. The summed E-state index contributed by atoms with van der Waals surface area (Å²) in [5.74, 6) is 0.713. The van der Waals surface area contributed by atoms with Gasteiger partial charge in [0.1, 0.15) is 0 Å². The number of rotatable bonds is 5. The molecule has 0 aliphatic heterocycles. The molecule has 0 saturated carbocycles. The van der Waals surface area contributed by atoms with Gasteiger partial charge in [0.05, 0.1) is 22.4 Å². The number of benzene rings is 9. The second kappa shape index (κ2) is 13.1. The summed E-state index contributed by atoms with van der Waals surface area (Å²) in [6.45, 7) is 0. The lowest BCUT2D eigenvalue weighted by molar-refractivity contribution is 1.17. The molecule has 58 heavy (non-hydrogen) atoms. The predicted octanol–water partition coefficient (Wildman–Crippen LogP) is 14.9. The van der Waals surface area contributed by atoms with Crippen molar-refractivity contribution < 1.29 is 0 Å². The van der Waals surface area contributed by atoms with Gasteiger partial charge in [-0.05, 0) is 58.3 Å². The molecule has 3 aromatic heterocycles. The standard InChI is InChI=1S/C54H33N3S/c1-3-15-35(16-4-1)46-33-47(56-54(55-46)37-17-5-2-6-18-37)36-26-29-39(30-27-36)57-48-25-12-11-23-44(48)50-51-45-32-38(41-24-13-19-34-14-7-8-20-40(34)41)28-31-49(45)58-53(51)43-22-10-9-21-42(43)52(50)57/h1-33H. The van der Waals surface area contributed by atoms with E-state index in [1.807, 2.05) is 35.6 Å². The van der Waals surface area contributed by atoms with Crippen LogP contribution in [0.1, 0.15) is 0 Å². The van der Waals surface area contributed by atoms with Crippen LogP contribution in [0.3, 0.4) is 0 Å². The van der Waals surface area contributed by atoms with Gasteiger partial charge in [-0.15, -0.1) is 11.3 Å². The van der Waals surface area contributed by atoms with Gasteiger partial charge in [-0.2, -0.15) is 0 Å². The van der Waals surface area contributed by atoms with E-state index in [2.05, 4.69) is 180 Å². The number of fused-ring (bicyclic) bond motifs is 11. The number of aromatic nitrogens is 3. The maximum atomic E-state index is 5.12. The summed E-state index contributed by atoms with van der Waals surface area (Å²) in [5, 5.41) is 10.2. The van der Waals surface area contributed by atoms with Crippen molar-refractivity contribution in [2.45, 2.75) is 0 Å². The molecule has 0 aliphatic rings. The first-order valence-corrected chi connectivity index (χ1v) is 20.5. The van der Waals surface area contributed by atoms with Crippen molar-refractivity contribution in [3.05, 3.63) is 200 Å². The van der Waals surface area contributed by atoms with E-state index in [-0.39, 0.29) is 0 Å². The highest BCUT2D eigenvalue weighted by molar-refractivity contribution is 7.27. The highest BCUT2D eigenvalue weighted by Gasteiger charge is 2.22. The van der Waals surface area contributed by atoms with Gasteiger partial charge in [0.2, 0.25) is 0 Å². The van der Waals surface area contributed by atoms with Crippen molar-refractivity contribution in [2.75, 3.05) is 0 Å². The Morgan fingerprint density at radius 2 is 1.00 bits per heavy atom. The minimum Gasteiger partial charge on any atom is -0.309 e. The van der Waals surface area contributed by atoms with E-state index in [9.17, 15) is 0 Å². The van der Waals surface area contributed by atoms with Crippen LogP contribution in [-0.4, -0.2) is 14.5 Å². The summed E-state index contributed by atoms with van der Waals surface area (Å²) in [6, 6.07) is 71.8. The molecule has 12 rings (SSSR count). The number of nitrogens with zero attached hydrogens (tertiary/aromatic N) is 3. The Hall–Kier alpha value is -7.40. The maximum absolute atomic E-state index is 5.12. The Kier molecular flexibility index (Phi) is 7.40. The molecule has 0 aliphatic carbocycles. The highest BCUT2D eigenvalue weighted by Crippen LogP contribution is 2.49. The van der Waals surface area contributed by atoms with Gasteiger partial charge in [-0.25, -0.2) is 9.97 Å². The molecule has 12 aromatic rings. The zero-order chi connectivity index (χ0) is 38.2. The number of thiophene rings is 1. The third-order valence-corrected chi connectivity index (χ3v) is 12.8. The maximum Gasteiger partial charge on any atom is 0.160 e. The van der Waals surface area contributed by atoms with E-state index in [1.54, 1.807) is 0 Å². The van der Waals surface area contributed by atoms with Crippen molar-refractivity contribution in [3.63, 3.8) is 0 Å². The second-order valence-electron chi connectivity index (χ2n) is 14.9. The van der Waals surface area contributed by atoms with E-state index in [4.69, 9.17) is 9.97 Å². The molecule has 0 bridgehead atoms. The Bertz CT molecular complexity index is 3480. The van der Waals surface area contributed by atoms with Crippen molar-refractivity contribution in [1.29, 1.82) is 0 Å². The van der Waals surface area contributed by atoms with Crippen LogP contribution >= 0.6 is 11.3 Å².